The van der Waals surface area contributed by atoms with Crippen LogP contribution in [-0.2, 0) is 0 Å². The Kier molecular flexibility index (Phi) is 2.50. The molecule has 2 aromatic rings. The molecule has 1 heterocycles. The lowest BCUT2D eigenvalue weighted by Crippen LogP contribution is -1.91. The summed E-state index contributed by atoms with van der Waals surface area (Å²) >= 11 is 9.71. The molecule has 1 nitrogen and oxygen atoms in total. The molecule has 1 aromatic heterocycles. The maximum absolute atomic E-state index is 6.24. The monoisotopic (exact) mass is 269 g/mol. The first-order valence-electron chi connectivity index (χ1n) is 4.32. The molecular weight excluding hydrogens is 261 g/mol. The van der Waals surface area contributed by atoms with Gasteiger partial charge in [0, 0.05) is 15.6 Å². The number of halogens is 2. The third kappa shape index (κ3) is 1.43. The predicted molar refractivity (Wildman–Crippen MR) is 63.9 cm³/mol. The quantitative estimate of drug-likeness (QED) is 0.697. The summed E-state index contributed by atoms with van der Waals surface area (Å²) in [6.07, 6.45) is 0. The molecule has 0 aliphatic carbocycles. The molecule has 0 unspecified atom stereocenters. The van der Waals surface area contributed by atoms with Gasteiger partial charge in [-0.05, 0) is 41.4 Å². The summed E-state index contributed by atoms with van der Waals surface area (Å²) in [6.45, 7) is 3.96. The summed E-state index contributed by atoms with van der Waals surface area (Å²) in [6, 6.07) is 5.93. The van der Waals surface area contributed by atoms with Crippen LogP contribution in [0.25, 0.3) is 10.9 Å². The van der Waals surface area contributed by atoms with Crippen molar-refractivity contribution in [1.29, 1.82) is 0 Å². The van der Waals surface area contributed by atoms with E-state index in [-0.39, 0.29) is 0 Å². The van der Waals surface area contributed by atoms with Crippen molar-refractivity contribution in [3.05, 3.63) is 39.0 Å². The third-order valence-electron chi connectivity index (χ3n) is 2.37. The van der Waals surface area contributed by atoms with Crippen LogP contribution in [0.1, 0.15) is 11.3 Å². The van der Waals surface area contributed by atoms with Gasteiger partial charge in [-0.15, -0.1) is 0 Å². The number of para-hydroxylation sites is 1. The van der Waals surface area contributed by atoms with E-state index in [1.165, 1.54) is 0 Å². The first kappa shape index (κ1) is 9.94. The topological polar surface area (TPSA) is 12.9 Å². The van der Waals surface area contributed by atoms with E-state index in [1.54, 1.807) is 0 Å². The Morgan fingerprint density at radius 2 is 2.00 bits per heavy atom. The number of fused-ring (bicyclic) bond motifs is 1. The molecule has 0 N–H and O–H groups in total. The third-order valence-corrected chi connectivity index (χ3v) is 3.50. The van der Waals surface area contributed by atoms with Crippen LogP contribution >= 0.6 is 27.5 Å². The fourth-order valence-corrected chi connectivity index (χ4v) is 2.16. The van der Waals surface area contributed by atoms with Crippen LogP contribution in [-0.4, -0.2) is 4.98 Å². The molecule has 14 heavy (non-hydrogen) atoms. The van der Waals surface area contributed by atoms with Crippen molar-refractivity contribution in [3.63, 3.8) is 0 Å². The molecular formula is C11H9BrClN. The summed E-state index contributed by atoms with van der Waals surface area (Å²) in [5.74, 6) is 0. The van der Waals surface area contributed by atoms with Gasteiger partial charge in [0.05, 0.1) is 10.5 Å². The highest BCUT2D eigenvalue weighted by Gasteiger charge is 2.08. The maximum atomic E-state index is 6.24. The zero-order chi connectivity index (χ0) is 10.3. The second-order valence-electron chi connectivity index (χ2n) is 3.27. The minimum absolute atomic E-state index is 0.800. The summed E-state index contributed by atoms with van der Waals surface area (Å²) in [4.78, 5) is 4.50. The van der Waals surface area contributed by atoms with Crippen molar-refractivity contribution < 1.29 is 0 Å². The van der Waals surface area contributed by atoms with Gasteiger partial charge in [-0.25, -0.2) is 0 Å². The van der Waals surface area contributed by atoms with Gasteiger partial charge in [0.15, 0.2) is 0 Å². The Labute approximate surface area is 96.2 Å². The second-order valence-corrected chi connectivity index (χ2v) is 4.50. The molecule has 0 fully saturated rings. The fourth-order valence-electron chi connectivity index (χ4n) is 1.42. The molecule has 0 atom stereocenters. The van der Waals surface area contributed by atoms with Crippen LogP contribution in [0.3, 0.4) is 0 Å². The number of pyridine rings is 1. The van der Waals surface area contributed by atoms with Gasteiger partial charge in [0.25, 0.3) is 0 Å². The molecule has 2 rings (SSSR count). The lowest BCUT2D eigenvalue weighted by molar-refractivity contribution is 1.19. The van der Waals surface area contributed by atoms with Gasteiger partial charge in [-0.2, -0.15) is 0 Å². The van der Waals surface area contributed by atoms with Crippen molar-refractivity contribution in [2.24, 2.45) is 0 Å². The van der Waals surface area contributed by atoms with E-state index in [1.807, 2.05) is 32.0 Å². The van der Waals surface area contributed by atoms with Crippen LogP contribution in [0.15, 0.2) is 22.7 Å². The van der Waals surface area contributed by atoms with Crippen molar-refractivity contribution in [3.8, 4) is 0 Å². The number of aryl methyl sites for hydroxylation is 1. The standard InChI is InChI=1S/C11H9BrClN/c1-6-7(2)14-11-8(10(6)13)4-3-5-9(11)12/h3-5H,1-2H3. The molecule has 0 saturated carbocycles. The zero-order valence-corrected chi connectivity index (χ0v) is 10.3. The summed E-state index contributed by atoms with van der Waals surface area (Å²) < 4.78 is 0.986. The van der Waals surface area contributed by atoms with Gasteiger partial charge in [-0.1, -0.05) is 23.7 Å². The first-order chi connectivity index (χ1) is 6.61. The highest BCUT2D eigenvalue weighted by atomic mass is 79.9. The molecule has 0 aliphatic rings. The van der Waals surface area contributed by atoms with Gasteiger partial charge < -0.3 is 0 Å². The summed E-state index contributed by atoms with van der Waals surface area (Å²) in [5.41, 5.74) is 2.97. The van der Waals surface area contributed by atoms with E-state index in [0.29, 0.717) is 0 Å². The number of aromatic nitrogens is 1. The number of hydrogen-bond donors (Lipinski definition) is 0. The summed E-state index contributed by atoms with van der Waals surface area (Å²) in [5, 5.41) is 1.80. The van der Waals surface area contributed by atoms with Crippen molar-refractivity contribution in [1.82, 2.24) is 4.98 Å². The van der Waals surface area contributed by atoms with Crippen LogP contribution in [0.5, 0.6) is 0 Å². The smallest absolute Gasteiger partial charge is 0.0862 e. The van der Waals surface area contributed by atoms with Gasteiger partial charge in [0.1, 0.15) is 0 Å². The van der Waals surface area contributed by atoms with E-state index < -0.39 is 0 Å². The summed E-state index contributed by atoms with van der Waals surface area (Å²) in [7, 11) is 0. The molecule has 72 valence electrons. The second kappa shape index (κ2) is 3.52. The van der Waals surface area contributed by atoms with Crippen molar-refractivity contribution >= 4 is 38.4 Å². The Balaban J connectivity index is 2.98. The molecule has 0 radical (unpaired) electrons. The molecule has 1 aromatic carbocycles. The molecule has 0 amide bonds. The average molecular weight is 271 g/mol. The van der Waals surface area contributed by atoms with Crippen LogP contribution in [0, 0.1) is 13.8 Å². The Morgan fingerprint density at radius 1 is 1.29 bits per heavy atom. The molecule has 0 aliphatic heterocycles. The van der Waals surface area contributed by atoms with E-state index in [2.05, 4.69) is 20.9 Å². The normalized spacial score (nSPS) is 10.9. The van der Waals surface area contributed by atoms with Crippen molar-refractivity contribution in [2.75, 3.05) is 0 Å². The predicted octanol–water partition coefficient (Wildman–Crippen LogP) is 4.27. The fraction of sp³-hybridized carbons (Fsp3) is 0.182. The molecule has 0 saturated heterocycles. The maximum Gasteiger partial charge on any atom is 0.0862 e. The average Bonchev–Trinajstić information content (AvgIpc) is 2.17. The number of rotatable bonds is 0. The Hall–Kier alpha value is -0.600. The molecule has 0 spiro atoms. The lowest BCUT2D eigenvalue weighted by atomic mass is 10.1. The highest BCUT2D eigenvalue weighted by Crippen LogP contribution is 2.31. The van der Waals surface area contributed by atoms with Crippen LogP contribution < -0.4 is 0 Å². The van der Waals surface area contributed by atoms with E-state index in [4.69, 9.17) is 11.6 Å². The largest absolute Gasteiger partial charge is 0.252 e. The zero-order valence-electron chi connectivity index (χ0n) is 7.94. The van der Waals surface area contributed by atoms with E-state index in [0.717, 1.165) is 31.7 Å². The first-order valence-corrected chi connectivity index (χ1v) is 5.49. The number of benzene rings is 1. The number of hydrogen-bond acceptors (Lipinski definition) is 1. The van der Waals surface area contributed by atoms with Crippen molar-refractivity contribution in [2.45, 2.75) is 13.8 Å². The minimum atomic E-state index is 0.800. The highest BCUT2D eigenvalue weighted by molar-refractivity contribution is 9.10. The SMILES string of the molecule is Cc1nc2c(Br)cccc2c(Cl)c1C. The Bertz CT molecular complexity index is 508. The number of nitrogens with zero attached hydrogens (tertiary/aromatic N) is 1. The molecule has 3 heteroatoms. The minimum Gasteiger partial charge on any atom is -0.252 e. The van der Waals surface area contributed by atoms with Crippen LogP contribution in [0.4, 0.5) is 0 Å². The Morgan fingerprint density at radius 3 is 2.71 bits per heavy atom. The van der Waals surface area contributed by atoms with E-state index >= 15 is 0 Å². The lowest BCUT2D eigenvalue weighted by Gasteiger charge is -2.07. The molecule has 0 bridgehead atoms. The van der Waals surface area contributed by atoms with Crippen LogP contribution in [0.2, 0.25) is 5.02 Å². The van der Waals surface area contributed by atoms with Gasteiger partial charge in [0.2, 0.25) is 0 Å². The van der Waals surface area contributed by atoms with Gasteiger partial charge in [-0.3, -0.25) is 4.98 Å². The van der Waals surface area contributed by atoms with Gasteiger partial charge >= 0.3 is 0 Å². The van der Waals surface area contributed by atoms with E-state index in [9.17, 15) is 0 Å².